The summed E-state index contributed by atoms with van der Waals surface area (Å²) in [5.41, 5.74) is 1.49. The third-order valence-corrected chi connectivity index (χ3v) is 4.65. The molecule has 1 amide bonds. The third-order valence-electron chi connectivity index (χ3n) is 3.50. The van der Waals surface area contributed by atoms with Gasteiger partial charge in [0.2, 0.25) is 5.91 Å². The summed E-state index contributed by atoms with van der Waals surface area (Å²) in [5, 5.41) is 4.79. The Hall–Kier alpha value is -1.95. The summed E-state index contributed by atoms with van der Waals surface area (Å²) >= 11 is 1.70. The minimum absolute atomic E-state index is 0.00579. The number of nitrogens with one attached hydrogen (secondary N) is 2. The van der Waals surface area contributed by atoms with Gasteiger partial charge in [-0.3, -0.25) is 4.79 Å². The molecule has 2 heterocycles. The van der Waals surface area contributed by atoms with Gasteiger partial charge in [0.15, 0.2) is 0 Å². The van der Waals surface area contributed by atoms with E-state index in [1.807, 2.05) is 0 Å². The topological polar surface area (TPSA) is 74.8 Å². The molecule has 1 saturated carbocycles. The number of anilines is 1. The first-order chi connectivity index (χ1) is 9.54. The predicted molar refractivity (Wildman–Crippen MR) is 78.1 cm³/mol. The number of thiophene rings is 1. The van der Waals surface area contributed by atoms with Gasteiger partial charge in [-0.1, -0.05) is 0 Å². The zero-order chi connectivity index (χ0) is 14.3. The fourth-order valence-corrected chi connectivity index (χ4v) is 3.51. The van der Waals surface area contributed by atoms with Gasteiger partial charge in [0.1, 0.15) is 5.82 Å². The molecule has 0 aromatic carbocycles. The fraction of sp³-hybridized carbons (Fsp3) is 0.357. The van der Waals surface area contributed by atoms with E-state index >= 15 is 0 Å². The number of aryl methyl sites for hydroxylation is 2. The van der Waals surface area contributed by atoms with Gasteiger partial charge in [0.25, 0.3) is 0 Å². The normalized spacial score (nSPS) is 20.7. The Bertz CT molecular complexity index is 719. The third kappa shape index (κ3) is 2.51. The molecule has 0 saturated heterocycles. The number of hydrogen-bond acceptors (Lipinski definition) is 4. The molecule has 0 bridgehead atoms. The molecule has 2 aromatic heterocycles. The van der Waals surface area contributed by atoms with Crippen LogP contribution in [0.25, 0.3) is 0 Å². The van der Waals surface area contributed by atoms with Crippen molar-refractivity contribution in [3.63, 3.8) is 0 Å². The average molecular weight is 289 g/mol. The number of hydrogen-bond donors (Lipinski definition) is 2. The first-order valence-corrected chi connectivity index (χ1v) is 7.35. The summed E-state index contributed by atoms with van der Waals surface area (Å²) in [7, 11) is 0. The van der Waals surface area contributed by atoms with E-state index in [-0.39, 0.29) is 11.8 Å². The van der Waals surface area contributed by atoms with Gasteiger partial charge in [0, 0.05) is 28.5 Å². The van der Waals surface area contributed by atoms with Crippen LogP contribution in [0.2, 0.25) is 0 Å². The summed E-state index contributed by atoms with van der Waals surface area (Å²) in [6.45, 7) is 3.83. The first-order valence-electron chi connectivity index (χ1n) is 6.47. The highest BCUT2D eigenvalue weighted by atomic mass is 32.1. The molecule has 104 valence electrons. The second kappa shape index (κ2) is 4.86. The lowest BCUT2D eigenvalue weighted by Crippen LogP contribution is -2.20. The van der Waals surface area contributed by atoms with E-state index in [0.717, 1.165) is 6.42 Å². The minimum Gasteiger partial charge on any atom is -0.310 e. The predicted octanol–water partition coefficient (Wildman–Crippen LogP) is 2.19. The van der Waals surface area contributed by atoms with Crippen molar-refractivity contribution in [1.82, 2.24) is 9.97 Å². The molecule has 1 fully saturated rings. The number of carbonyl (C=O) groups is 1. The lowest BCUT2D eigenvalue weighted by Gasteiger charge is -2.04. The van der Waals surface area contributed by atoms with Crippen molar-refractivity contribution in [2.24, 2.45) is 5.92 Å². The molecule has 0 spiro atoms. The van der Waals surface area contributed by atoms with E-state index in [2.05, 4.69) is 33.7 Å². The van der Waals surface area contributed by atoms with Crippen LogP contribution in [0.4, 0.5) is 5.82 Å². The summed E-state index contributed by atoms with van der Waals surface area (Å²) in [4.78, 5) is 31.0. The highest BCUT2D eigenvalue weighted by molar-refractivity contribution is 7.10. The average Bonchev–Trinajstić information content (AvgIpc) is 3.04. The number of amides is 1. The van der Waals surface area contributed by atoms with Crippen LogP contribution in [-0.4, -0.2) is 15.9 Å². The molecular weight excluding hydrogens is 274 g/mol. The summed E-state index contributed by atoms with van der Waals surface area (Å²) in [5.74, 6) is 0.580. The number of aromatic nitrogens is 2. The number of aromatic amines is 1. The maximum atomic E-state index is 12.2. The first kappa shape index (κ1) is 13.1. The highest BCUT2D eigenvalue weighted by Crippen LogP contribution is 2.50. The van der Waals surface area contributed by atoms with E-state index < -0.39 is 5.69 Å². The molecule has 6 heteroatoms. The zero-order valence-electron chi connectivity index (χ0n) is 11.3. The van der Waals surface area contributed by atoms with Crippen molar-refractivity contribution < 1.29 is 4.79 Å². The van der Waals surface area contributed by atoms with Gasteiger partial charge in [-0.2, -0.15) is 4.98 Å². The molecule has 1 aliphatic carbocycles. The molecule has 20 heavy (non-hydrogen) atoms. The van der Waals surface area contributed by atoms with E-state index in [1.54, 1.807) is 24.3 Å². The van der Waals surface area contributed by atoms with Crippen molar-refractivity contribution in [3.05, 3.63) is 44.1 Å². The molecule has 0 radical (unpaired) electrons. The Morgan fingerprint density at radius 2 is 2.30 bits per heavy atom. The van der Waals surface area contributed by atoms with Crippen LogP contribution in [0.15, 0.2) is 22.3 Å². The van der Waals surface area contributed by atoms with Crippen LogP contribution < -0.4 is 11.0 Å². The van der Waals surface area contributed by atoms with Crippen molar-refractivity contribution in [2.45, 2.75) is 26.2 Å². The molecule has 5 nitrogen and oxygen atoms in total. The summed E-state index contributed by atoms with van der Waals surface area (Å²) in [6.07, 6.45) is 0.870. The van der Waals surface area contributed by atoms with Gasteiger partial charge < -0.3 is 10.3 Å². The quantitative estimate of drug-likeness (QED) is 0.909. The molecule has 2 atom stereocenters. The monoisotopic (exact) mass is 289 g/mol. The zero-order valence-corrected chi connectivity index (χ0v) is 12.1. The van der Waals surface area contributed by atoms with Crippen LogP contribution in [0, 0.1) is 19.8 Å². The van der Waals surface area contributed by atoms with Gasteiger partial charge in [-0.25, -0.2) is 4.79 Å². The lowest BCUT2D eigenvalue weighted by molar-refractivity contribution is -0.117. The number of nitrogens with zero attached hydrogens (tertiary/aromatic N) is 1. The maximum Gasteiger partial charge on any atom is 0.347 e. The van der Waals surface area contributed by atoms with Crippen molar-refractivity contribution in [3.8, 4) is 0 Å². The Kier molecular flexibility index (Phi) is 3.17. The second-order valence-corrected chi connectivity index (χ2v) is 6.11. The standard InChI is InChI=1S/C14H15N3O2S/c1-7-3-4-20-12(7)9-6-10(9)13(18)16-11-5-8(2)15-14(19)17-11/h3-5,9-10H,6H2,1-2H3,(H2,15,16,17,18,19). The smallest absolute Gasteiger partial charge is 0.310 e. The summed E-state index contributed by atoms with van der Waals surface area (Å²) in [6, 6.07) is 3.74. The molecule has 2 N–H and O–H groups in total. The SMILES string of the molecule is Cc1cc(NC(=O)C2CC2c2sccc2C)nc(=O)[nH]1. The van der Waals surface area contributed by atoms with Gasteiger partial charge in [-0.15, -0.1) is 11.3 Å². The van der Waals surface area contributed by atoms with Crippen LogP contribution in [0.1, 0.15) is 28.5 Å². The van der Waals surface area contributed by atoms with E-state index in [1.165, 1.54) is 10.4 Å². The van der Waals surface area contributed by atoms with Crippen LogP contribution in [-0.2, 0) is 4.79 Å². The van der Waals surface area contributed by atoms with Gasteiger partial charge >= 0.3 is 5.69 Å². The highest BCUT2D eigenvalue weighted by Gasteiger charge is 2.45. The Labute approximate surface area is 120 Å². The number of H-pyrrole nitrogens is 1. The maximum absolute atomic E-state index is 12.2. The Balaban J connectivity index is 1.70. The summed E-state index contributed by atoms with van der Waals surface area (Å²) < 4.78 is 0. The molecular formula is C14H15N3O2S. The van der Waals surface area contributed by atoms with Crippen LogP contribution in [0.5, 0.6) is 0 Å². The van der Waals surface area contributed by atoms with Crippen molar-refractivity contribution >= 4 is 23.1 Å². The Morgan fingerprint density at radius 1 is 1.50 bits per heavy atom. The number of rotatable bonds is 3. The van der Waals surface area contributed by atoms with Crippen LogP contribution >= 0.6 is 11.3 Å². The largest absolute Gasteiger partial charge is 0.347 e. The van der Waals surface area contributed by atoms with E-state index in [4.69, 9.17) is 0 Å². The van der Waals surface area contributed by atoms with Crippen molar-refractivity contribution in [2.75, 3.05) is 5.32 Å². The molecule has 1 aliphatic rings. The minimum atomic E-state index is -0.443. The fourth-order valence-electron chi connectivity index (χ4n) is 2.40. The number of carbonyl (C=O) groups excluding carboxylic acids is 1. The molecule has 3 rings (SSSR count). The molecule has 0 aliphatic heterocycles. The Morgan fingerprint density at radius 3 is 2.95 bits per heavy atom. The van der Waals surface area contributed by atoms with Gasteiger partial charge in [-0.05, 0) is 37.3 Å². The second-order valence-electron chi connectivity index (χ2n) is 5.16. The van der Waals surface area contributed by atoms with Crippen LogP contribution in [0.3, 0.4) is 0 Å². The van der Waals surface area contributed by atoms with E-state index in [9.17, 15) is 9.59 Å². The van der Waals surface area contributed by atoms with Gasteiger partial charge in [0.05, 0.1) is 0 Å². The molecule has 2 aromatic rings. The van der Waals surface area contributed by atoms with Crippen molar-refractivity contribution in [1.29, 1.82) is 0 Å². The van der Waals surface area contributed by atoms with E-state index in [0.29, 0.717) is 17.4 Å². The molecule has 2 unspecified atom stereocenters. The lowest BCUT2D eigenvalue weighted by atomic mass is 10.2.